The first-order chi connectivity index (χ1) is 10.8. The van der Waals surface area contributed by atoms with Crippen LogP contribution in [-0.2, 0) is 25.7 Å². The van der Waals surface area contributed by atoms with Crippen molar-refractivity contribution in [1.82, 2.24) is 9.88 Å². The number of hydrogen-bond donors (Lipinski definition) is 0. The van der Waals surface area contributed by atoms with Crippen LogP contribution in [0.4, 0.5) is 17.6 Å². The maximum Gasteiger partial charge on any atom is 0.416 e. The first-order valence-electron chi connectivity index (χ1n) is 7.04. The Bertz CT molecular complexity index is 731. The van der Waals surface area contributed by atoms with E-state index in [1.54, 1.807) is 6.20 Å². The van der Waals surface area contributed by atoms with E-state index in [4.69, 9.17) is 0 Å². The Balaban J connectivity index is 1.80. The van der Waals surface area contributed by atoms with Crippen molar-refractivity contribution in [2.45, 2.75) is 25.7 Å². The van der Waals surface area contributed by atoms with Gasteiger partial charge in [-0.05, 0) is 45.8 Å². The van der Waals surface area contributed by atoms with Crippen molar-refractivity contribution in [3.63, 3.8) is 0 Å². The standard InChI is InChI=1S/C16H13BrF4N2/c17-13-6-11-9-23(4-3-15(11)22-7-13)8-10-5-12(16(19,20)21)1-2-14(10)18/h1-2,5-7H,3-4,8-9H2. The number of alkyl halides is 3. The largest absolute Gasteiger partial charge is 0.416 e. The summed E-state index contributed by atoms with van der Waals surface area (Å²) in [5.74, 6) is -0.615. The zero-order valence-corrected chi connectivity index (χ0v) is 13.6. The topological polar surface area (TPSA) is 16.1 Å². The summed E-state index contributed by atoms with van der Waals surface area (Å²) in [4.78, 5) is 6.25. The zero-order valence-electron chi connectivity index (χ0n) is 12.0. The molecule has 2 nitrogen and oxygen atoms in total. The Hall–Kier alpha value is -1.47. The van der Waals surface area contributed by atoms with Crippen molar-refractivity contribution in [2.75, 3.05) is 6.54 Å². The number of nitrogens with zero attached hydrogens (tertiary/aromatic N) is 2. The molecule has 0 saturated heterocycles. The molecule has 0 amide bonds. The van der Waals surface area contributed by atoms with Crippen LogP contribution in [-0.4, -0.2) is 16.4 Å². The third-order valence-electron chi connectivity index (χ3n) is 3.85. The number of halogens is 5. The van der Waals surface area contributed by atoms with Gasteiger partial charge in [-0.2, -0.15) is 13.2 Å². The molecule has 1 aromatic carbocycles. The van der Waals surface area contributed by atoms with Gasteiger partial charge >= 0.3 is 6.18 Å². The quantitative estimate of drug-likeness (QED) is 0.701. The van der Waals surface area contributed by atoms with Gasteiger partial charge < -0.3 is 0 Å². The number of aromatic nitrogens is 1. The van der Waals surface area contributed by atoms with Crippen LogP contribution in [0, 0.1) is 5.82 Å². The summed E-state index contributed by atoms with van der Waals surface area (Å²) in [5.41, 5.74) is 1.23. The van der Waals surface area contributed by atoms with Crippen LogP contribution in [0.2, 0.25) is 0 Å². The SMILES string of the molecule is Fc1ccc(C(F)(F)F)cc1CN1CCc2ncc(Br)cc2C1. The second kappa shape index (κ2) is 6.20. The predicted octanol–water partition coefficient (Wildman–Crippen LogP) is 4.56. The fourth-order valence-electron chi connectivity index (χ4n) is 2.70. The van der Waals surface area contributed by atoms with Crippen molar-refractivity contribution in [3.05, 3.63) is 63.1 Å². The van der Waals surface area contributed by atoms with Crippen LogP contribution in [0.25, 0.3) is 0 Å². The van der Waals surface area contributed by atoms with Crippen LogP contribution in [0.1, 0.15) is 22.4 Å². The molecule has 2 aromatic rings. The third-order valence-corrected chi connectivity index (χ3v) is 4.29. The van der Waals surface area contributed by atoms with Crippen molar-refractivity contribution in [2.24, 2.45) is 0 Å². The molecule has 2 heterocycles. The van der Waals surface area contributed by atoms with E-state index < -0.39 is 17.6 Å². The molecule has 3 rings (SSSR count). The second-order valence-electron chi connectivity index (χ2n) is 5.52. The minimum atomic E-state index is -4.47. The Morgan fingerprint density at radius 2 is 2.00 bits per heavy atom. The van der Waals surface area contributed by atoms with Gasteiger partial charge in [0.1, 0.15) is 5.82 Å². The van der Waals surface area contributed by atoms with Gasteiger partial charge in [-0.25, -0.2) is 4.39 Å². The maximum atomic E-state index is 13.9. The lowest BCUT2D eigenvalue weighted by Gasteiger charge is -2.28. The van der Waals surface area contributed by atoms with Crippen molar-refractivity contribution >= 4 is 15.9 Å². The number of fused-ring (bicyclic) bond motifs is 1. The first kappa shape index (κ1) is 16.4. The van der Waals surface area contributed by atoms with Gasteiger partial charge in [0.2, 0.25) is 0 Å². The average molecular weight is 389 g/mol. The highest BCUT2D eigenvalue weighted by Gasteiger charge is 2.31. The van der Waals surface area contributed by atoms with Gasteiger partial charge in [-0.3, -0.25) is 9.88 Å². The summed E-state index contributed by atoms with van der Waals surface area (Å²) in [6, 6.07) is 4.49. The summed E-state index contributed by atoms with van der Waals surface area (Å²) in [5, 5.41) is 0. The molecule has 1 aromatic heterocycles. The van der Waals surface area contributed by atoms with E-state index in [9.17, 15) is 17.6 Å². The highest BCUT2D eigenvalue weighted by molar-refractivity contribution is 9.10. The van der Waals surface area contributed by atoms with Crippen molar-refractivity contribution in [1.29, 1.82) is 0 Å². The molecule has 0 bridgehead atoms. The molecule has 0 spiro atoms. The fourth-order valence-corrected chi connectivity index (χ4v) is 3.08. The molecular weight excluding hydrogens is 376 g/mol. The first-order valence-corrected chi connectivity index (χ1v) is 7.83. The van der Waals surface area contributed by atoms with Gasteiger partial charge in [0, 0.05) is 48.0 Å². The monoisotopic (exact) mass is 388 g/mol. The average Bonchev–Trinajstić information content (AvgIpc) is 2.48. The zero-order chi connectivity index (χ0) is 16.6. The number of rotatable bonds is 2. The lowest BCUT2D eigenvalue weighted by molar-refractivity contribution is -0.137. The molecule has 7 heteroatoms. The Labute approximate surface area is 139 Å². The molecule has 0 unspecified atom stereocenters. The van der Waals surface area contributed by atoms with Gasteiger partial charge in [0.25, 0.3) is 0 Å². The number of benzene rings is 1. The molecule has 0 radical (unpaired) electrons. The molecule has 0 N–H and O–H groups in total. The molecular formula is C16H13BrF4N2. The maximum absolute atomic E-state index is 13.9. The van der Waals surface area contributed by atoms with Crippen LogP contribution < -0.4 is 0 Å². The molecule has 0 fully saturated rings. The predicted molar refractivity (Wildman–Crippen MR) is 81.2 cm³/mol. The van der Waals surface area contributed by atoms with E-state index in [1.807, 2.05) is 11.0 Å². The molecule has 1 aliphatic rings. The van der Waals surface area contributed by atoms with E-state index in [-0.39, 0.29) is 12.1 Å². The van der Waals surface area contributed by atoms with Crippen molar-refractivity contribution in [3.8, 4) is 0 Å². The molecule has 0 aliphatic carbocycles. The summed E-state index contributed by atoms with van der Waals surface area (Å²) in [7, 11) is 0. The van der Waals surface area contributed by atoms with E-state index in [1.165, 1.54) is 0 Å². The third kappa shape index (κ3) is 3.72. The van der Waals surface area contributed by atoms with Gasteiger partial charge in [-0.15, -0.1) is 0 Å². The highest BCUT2D eigenvalue weighted by Crippen LogP contribution is 2.31. The summed E-state index contributed by atoms with van der Waals surface area (Å²) >= 11 is 3.35. The number of pyridine rings is 1. The Morgan fingerprint density at radius 3 is 2.74 bits per heavy atom. The summed E-state index contributed by atoms with van der Waals surface area (Å²) < 4.78 is 53.0. The van der Waals surface area contributed by atoms with E-state index in [2.05, 4.69) is 20.9 Å². The normalized spacial score (nSPS) is 15.5. The molecule has 23 heavy (non-hydrogen) atoms. The Kier molecular flexibility index (Phi) is 4.42. The van der Waals surface area contributed by atoms with E-state index in [0.717, 1.165) is 33.9 Å². The van der Waals surface area contributed by atoms with E-state index in [0.29, 0.717) is 19.5 Å². The van der Waals surface area contributed by atoms with Gasteiger partial charge in [-0.1, -0.05) is 0 Å². The number of hydrogen-bond acceptors (Lipinski definition) is 2. The molecule has 122 valence electrons. The summed E-state index contributed by atoms with van der Waals surface area (Å²) in [6.07, 6.45) is -2.05. The highest BCUT2D eigenvalue weighted by atomic mass is 79.9. The molecule has 1 aliphatic heterocycles. The lowest BCUT2D eigenvalue weighted by atomic mass is 10.0. The molecule has 0 atom stereocenters. The minimum absolute atomic E-state index is 0.0613. The smallest absolute Gasteiger partial charge is 0.294 e. The summed E-state index contributed by atoms with van der Waals surface area (Å²) in [6.45, 7) is 1.32. The van der Waals surface area contributed by atoms with Crippen molar-refractivity contribution < 1.29 is 17.6 Å². The molecule has 0 saturated carbocycles. The minimum Gasteiger partial charge on any atom is -0.294 e. The van der Waals surface area contributed by atoms with Gasteiger partial charge in [0.15, 0.2) is 0 Å². The van der Waals surface area contributed by atoms with Crippen LogP contribution >= 0.6 is 15.9 Å². The van der Waals surface area contributed by atoms with E-state index >= 15 is 0 Å². The fraction of sp³-hybridized carbons (Fsp3) is 0.312. The Morgan fingerprint density at radius 1 is 1.22 bits per heavy atom. The van der Waals surface area contributed by atoms with Crippen LogP contribution in [0.15, 0.2) is 34.9 Å². The van der Waals surface area contributed by atoms with Crippen LogP contribution in [0.3, 0.4) is 0 Å². The second-order valence-corrected chi connectivity index (χ2v) is 6.44. The lowest BCUT2D eigenvalue weighted by Crippen LogP contribution is -2.31. The van der Waals surface area contributed by atoms with Gasteiger partial charge in [0.05, 0.1) is 5.56 Å². The van der Waals surface area contributed by atoms with Crippen LogP contribution in [0.5, 0.6) is 0 Å².